The summed E-state index contributed by atoms with van der Waals surface area (Å²) in [5.41, 5.74) is 6.28. The summed E-state index contributed by atoms with van der Waals surface area (Å²) in [6.45, 7) is 0. The molecule has 2 atom stereocenters. The first-order valence-corrected chi connectivity index (χ1v) is 5.64. The SMILES string of the molecule is NC1CC1NC(=O)c1csc(Br)c1. The minimum Gasteiger partial charge on any atom is -0.348 e. The second-order valence-electron chi connectivity index (χ2n) is 3.12. The molecule has 0 spiro atoms. The van der Waals surface area contributed by atoms with Crippen LogP contribution in [0, 0.1) is 0 Å². The molecule has 3 N–H and O–H groups in total. The Bertz CT molecular complexity index is 339. The highest BCUT2D eigenvalue weighted by Crippen LogP contribution is 2.22. The molecule has 1 aromatic rings. The Labute approximate surface area is 88.4 Å². The number of hydrogen-bond donors (Lipinski definition) is 2. The third kappa shape index (κ3) is 2.10. The van der Waals surface area contributed by atoms with E-state index in [4.69, 9.17) is 5.73 Å². The lowest BCUT2D eigenvalue weighted by Gasteiger charge is -1.99. The van der Waals surface area contributed by atoms with Crippen molar-refractivity contribution in [3.05, 3.63) is 20.8 Å². The van der Waals surface area contributed by atoms with Crippen molar-refractivity contribution in [3.8, 4) is 0 Å². The summed E-state index contributed by atoms with van der Waals surface area (Å²) in [5, 5.41) is 4.68. The zero-order chi connectivity index (χ0) is 9.42. The highest BCUT2D eigenvalue weighted by atomic mass is 79.9. The lowest BCUT2D eigenvalue weighted by Crippen LogP contribution is -2.29. The molecule has 0 saturated heterocycles. The molecule has 70 valence electrons. The fraction of sp³-hybridized carbons (Fsp3) is 0.375. The Balaban J connectivity index is 1.97. The van der Waals surface area contributed by atoms with Gasteiger partial charge >= 0.3 is 0 Å². The second kappa shape index (κ2) is 3.40. The van der Waals surface area contributed by atoms with E-state index in [1.807, 2.05) is 11.4 Å². The van der Waals surface area contributed by atoms with Crippen LogP contribution in [0.5, 0.6) is 0 Å². The third-order valence-corrected chi connectivity index (χ3v) is 3.49. The number of rotatable bonds is 2. The van der Waals surface area contributed by atoms with E-state index in [1.54, 1.807) is 0 Å². The molecule has 1 amide bonds. The monoisotopic (exact) mass is 260 g/mol. The van der Waals surface area contributed by atoms with Crippen LogP contribution in [0.2, 0.25) is 0 Å². The number of carbonyl (C=O) groups excluding carboxylic acids is 1. The van der Waals surface area contributed by atoms with Gasteiger partial charge in [0.2, 0.25) is 0 Å². The fourth-order valence-electron chi connectivity index (χ4n) is 1.06. The van der Waals surface area contributed by atoms with Gasteiger partial charge in [0.25, 0.3) is 5.91 Å². The Kier molecular flexibility index (Phi) is 2.40. The highest BCUT2D eigenvalue weighted by Gasteiger charge is 2.34. The predicted molar refractivity (Wildman–Crippen MR) is 55.9 cm³/mol. The van der Waals surface area contributed by atoms with E-state index in [1.165, 1.54) is 11.3 Å². The predicted octanol–water partition coefficient (Wildman–Crippen LogP) is 1.34. The molecule has 0 aliphatic heterocycles. The summed E-state index contributed by atoms with van der Waals surface area (Å²) in [5.74, 6) is -0.0279. The first-order chi connectivity index (χ1) is 6.16. The van der Waals surface area contributed by atoms with Crippen molar-refractivity contribution in [1.29, 1.82) is 0 Å². The van der Waals surface area contributed by atoms with Gasteiger partial charge in [-0.15, -0.1) is 11.3 Å². The van der Waals surface area contributed by atoms with E-state index in [9.17, 15) is 4.79 Å². The summed E-state index contributed by atoms with van der Waals surface area (Å²) in [7, 11) is 0. The minimum atomic E-state index is -0.0279. The Hall–Kier alpha value is -0.390. The van der Waals surface area contributed by atoms with Crippen molar-refractivity contribution >= 4 is 33.2 Å². The van der Waals surface area contributed by atoms with Crippen LogP contribution in [0.25, 0.3) is 0 Å². The summed E-state index contributed by atoms with van der Waals surface area (Å²) in [6, 6.07) is 2.16. The second-order valence-corrected chi connectivity index (χ2v) is 5.41. The van der Waals surface area contributed by atoms with Gasteiger partial charge in [0, 0.05) is 17.5 Å². The first kappa shape index (κ1) is 9.18. The molecule has 13 heavy (non-hydrogen) atoms. The van der Waals surface area contributed by atoms with Crippen molar-refractivity contribution in [1.82, 2.24) is 5.32 Å². The zero-order valence-corrected chi connectivity index (χ0v) is 9.19. The molecule has 1 saturated carbocycles. The maximum absolute atomic E-state index is 11.5. The normalized spacial score (nSPS) is 25.7. The van der Waals surface area contributed by atoms with E-state index in [-0.39, 0.29) is 18.0 Å². The average molecular weight is 261 g/mol. The number of nitrogens with two attached hydrogens (primary N) is 1. The molecule has 1 aliphatic rings. The Morgan fingerprint density at radius 3 is 2.92 bits per heavy atom. The van der Waals surface area contributed by atoms with E-state index in [0.717, 1.165) is 10.2 Å². The van der Waals surface area contributed by atoms with Crippen LogP contribution in [0.3, 0.4) is 0 Å². The van der Waals surface area contributed by atoms with Crippen molar-refractivity contribution in [3.63, 3.8) is 0 Å². The molecule has 0 aromatic carbocycles. The summed E-state index contributed by atoms with van der Waals surface area (Å²) >= 11 is 4.81. The van der Waals surface area contributed by atoms with Gasteiger partial charge in [-0.25, -0.2) is 0 Å². The molecule has 0 bridgehead atoms. The quantitative estimate of drug-likeness (QED) is 0.844. The molecule has 1 aromatic heterocycles. The van der Waals surface area contributed by atoms with Gasteiger partial charge in [-0.1, -0.05) is 0 Å². The van der Waals surface area contributed by atoms with Crippen LogP contribution in [0.4, 0.5) is 0 Å². The number of carbonyl (C=O) groups is 1. The van der Waals surface area contributed by atoms with Gasteiger partial charge in [0.05, 0.1) is 9.35 Å². The number of thiophene rings is 1. The molecular formula is C8H9BrN2OS. The first-order valence-electron chi connectivity index (χ1n) is 3.97. The molecule has 1 heterocycles. The lowest BCUT2D eigenvalue weighted by atomic mass is 10.3. The van der Waals surface area contributed by atoms with E-state index in [2.05, 4.69) is 21.2 Å². The number of halogens is 1. The van der Waals surface area contributed by atoms with Crippen molar-refractivity contribution in [2.45, 2.75) is 18.5 Å². The van der Waals surface area contributed by atoms with E-state index < -0.39 is 0 Å². The van der Waals surface area contributed by atoms with Crippen LogP contribution < -0.4 is 11.1 Å². The molecule has 3 nitrogen and oxygen atoms in total. The largest absolute Gasteiger partial charge is 0.348 e. The number of hydrogen-bond acceptors (Lipinski definition) is 3. The fourth-order valence-corrected chi connectivity index (χ4v) is 2.20. The molecule has 1 aliphatic carbocycles. The minimum absolute atomic E-state index is 0.0279. The van der Waals surface area contributed by atoms with Crippen LogP contribution >= 0.6 is 27.3 Å². The summed E-state index contributed by atoms with van der Waals surface area (Å²) in [4.78, 5) is 11.5. The van der Waals surface area contributed by atoms with Gasteiger partial charge in [-0.05, 0) is 28.4 Å². The molecule has 1 fully saturated rings. The molecular weight excluding hydrogens is 252 g/mol. The molecule has 5 heteroatoms. The third-order valence-electron chi connectivity index (χ3n) is 1.99. The smallest absolute Gasteiger partial charge is 0.252 e. The van der Waals surface area contributed by atoms with E-state index >= 15 is 0 Å². The van der Waals surface area contributed by atoms with Crippen LogP contribution in [0.15, 0.2) is 15.2 Å². The highest BCUT2D eigenvalue weighted by molar-refractivity contribution is 9.11. The topological polar surface area (TPSA) is 55.1 Å². The van der Waals surface area contributed by atoms with Crippen LogP contribution in [-0.4, -0.2) is 18.0 Å². The van der Waals surface area contributed by atoms with Gasteiger partial charge in [-0.3, -0.25) is 4.79 Å². The van der Waals surface area contributed by atoms with Gasteiger partial charge in [-0.2, -0.15) is 0 Å². The number of nitrogens with one attached hydrogen (secondary N) is 1. The van der Waals surface area contributed by atoms with Gasteiger partial charge < -0.3 is 11.1 Å². The maximum Gasteiger partial charge on any atom is 0.252 e. The molecule has 2 rings (SSSR count). The number of amides is 1. The Morgan fingerprint density at radius 2 is 2.46 bits per heavy atom. The average Bonchev–Trinajstić information content (AvgIpc) is 2.62. The lowest BCUT2D eigenvalue weighted by molar-refractivity contribution is 0.0950. The van der Waals surface area contributed by atoms with E-state index in [0.29, 0.717) is 5.56 Å². The standard InChI is InChI=1S/C8H9BrN2OS/c9-7-1-4(3-13-7)8(12)11-6-2-5(6)10/h1,3,5-6H,2,10H2,(H,11,12). The molecule has 0 radical (unpaired) electrons. The zero-order valence-electron chi connectivity index (χ0n) is 6.79. The van der Waals surface area contributed by atoms with Gasteiger partial charge in [0.15, 0.2) is 0 Å². The Morgan fingerprint density at radius 1 is 1.77 bits per heavy atom. The maximum atomic E-state index is 11.5. The van der Waals surface area contributed by atoms with Crippen molar-refractivity contribution in [2.75, 3.05) is 0 Å². The van der Waals surface area contributed by atoms with Crippen molar-refractivity contribution < 1.29 is 4.79 Å². The summed E-state index contributed by atoms with van der Waals surface area (Å²) in [6.07, 6.45) is 0.900. The summed E-state index contributed by atoms with van der Waals surface area (Å²) < 4.78 is 0.970. The molecule has 2 unspecified atom stereocenters. The van der Waals surface area contributed by atoms with Crippen LogP contribution in [0.1, 0.15) is 16.8 Å². The van der Waals surface area contributed by atoms with Crippen molar-refractivity contribution in [2.24, 2.45) is 5.73 Å². The van der Waals surface area contributed by atoms with Gasteiger partial charge in [0.1, 0.15) is 0 Å². The van der Waals surface area contributed by atoms with Crippen LogP contribution in [-0.2, 0) is 0 Å².